The Bertz CT molecular complexity index is 604. The number of aromatic hydroxyl groups is 1. The third kappa shape index (κ3) is 4.39. The van der Waals surface area contributed by atoms with Gasteiger partial charge in [-0.3, -0.25) is 4.79 Å². The highest BCUT2D eigenvalue weighted by atomic mass is 32.2. The predicted molar refractivity (Wildman–Crippen MR) is 83.6 cm³/mol. The van der Waals surface area contributed by atoms with Gasteiger partial charge in [-0.25, -0.2) is 4.79 Å². The molecule has 0 saturated heterocycles. The predicted octanol–water partition coefficient (Wildman–Crippen LogP) is 2.66. The van der Waals surface area contributed by atoms with Crippen LogP contribution in [0.3, 0.4) is 0 Å². The van der Waals surface area contributed by atoms with E-state index in [1.807, 2.05) is 0 Å². The summed E-state index contributed by atoms with van der Waals surface area (Å²) in [6, 6.07) is 4.49. The monoisotopic (exact) mass is 307 g/mol. The number of thioether (sulfide) groups is 1. The van der Waals surface area contributed by atoms with Gasteiger partial charge < -0.3 is 15.6 Å². The average Bonchev–Trinajstić information content (AvgIpc) is 2.44. The number of carbonyl (C=O) groups excluding carboxylic acids is 2. The molecule has 21 heavy (non-hydrogen) atoms. The van der Waals surface area contributed by atoms with Crippen molar-refractivity contribution in [2.45, 2.75) is 13.8 Å². The van der Waals surface area contributed by atoms with E-state index in [1.54, 1.807) is 19.9 Å². The van der Waals surface area contributed by atoms with Crippen LogP contribution in [0.1, 0.15) is 29.8 Å². The molecule has 0 aliphatic rings. The quantitative estimate of drug-likeness (QED) is 0.477. The molecular formula is C15H17NO4S. The summed E-state index contributed by atoms with van der Waals surface area (Å²) < 4.78 is 4.93. The van der Waals surface area contributed by atoms with Gasteiger partial charge in [0.05, 0.1) is 12.2 Å². The first-order chi connectivity index (χ1) is 9.90. The van der Waals surface area contributed by atoms with E-state index in [9.17, 15) is 14.7 Å². The summed E-state index contributed by atoms with van der Waals surface area (Å²) in [4.78, 5) is 23.4. The van der Waals surface area contributed by atoms with Crippen molar-refractivity contribution in [1.29, 1.82) is 0 Å². The number of rotatable bonds is 6. The molecule has 112 valence electrons. The van der Waals surface area contributed by atoms with Crippen LogP contribution in [-0.2, 0) is 9.53 Å². The van der Waals surface area contributed by atoms with Crippen LogP contribution in [0.15, 0.2) is 35.4 Å². The molecule has 3 N–H and O–H groups in total. The molecule has 0 aliphatic heterocycles. The number of hydrogen-bond donors (Lipinski definition) is 2. The number of phenolic OH excluding ortho intramolecular Hbond substituents is 1. The maximum atomic E-state index is 11.8. The Morgan fingerprint density at radius 1 is 1.52 bits per heavy atom. The summed E-state index contributed by atoms with van der Waals surface area (Å²) in [5.41, 5.74) is 6.79. The fraction of sp³-hybridized carbons (Fsp3) is 0.200. The van der Waals surface area contributed by atoms with Crippen molar-refractivity contribution < 1.29 is 19.4 Å². The third-order valence-corrected chi connectivity index (χ3v) is 3.70. The van der Waals surface area contributed by atoms with Crippen molar-refractivity contribution in [3.8, 4) is 5.75 Å². The standard InChI is InChI=1S/C15H17NO4S/c1-4-20-15(19)14(9(2)16)21-10(3)11-5-6-13(18)12(7-11)8-17/h5-8,18H,3-4,16H2,1-2H3/b14-9-. The molecule has 0 fully saturated rings. The molecule has 0 unspecified atom stereocenters. The van der Waals surface area contributed by atoms with E-state index >= 15 is 0 Å². The van der Waals surface area contributed by atoms with Gasteiger partial charge in [-0.1, -0.05) is 24.4 Å². The van der Waals surface area contributed by atoms with Crippen molar-refractivity contribution in [3.63, 3.8) is 0 Å². The third-order valence-electron chi connectivity index (χ3n) is 2.52. The molecule has 0 saturated carbocycles. The van der Waals surface area contributed by atoms with Gasteiger partial charge in [-0.2, -0.15) is 0 Å². The highest BCUT2D eigenvalue weighted by molar-refractivity contribution is 8.12. The second-order valence-corrected chi connectivity index (χ2v) is 5.25. The van der Waals surface area contributed by atoms with Gasteiger partial charge in [-0.15, -0.1) is 0 Å². The lowest BCUT2D eigenvalue weighted by Gasteiger charge is -2.11. The molecule has 0 heterocycles. The van der Waals surface area contributed by atoms with Gasteiger partial charge in [0.1, 0.15) is 10.7 Å². The van der Waals surface area contributed by atoms with Crippen LogP contribution < -0.4 is 5.73 Å². The zero-order valence-electron chi connectivity index (χ0n) is 11.9. The number of ether oxygens (including phenoxy) is 1. The first-order valence-electron chi connectivity index (χ1n) is 6.19. The molecule has 1 aromatic rings. The minimum atomic E-state index is -0.516. The summed E-state index contributed by atoms with van der Waals surface area (Å²) in [7, 11) is 0. The first-order valence-corrected chi connectivity index (χ1v) is 7.01. The maximum absolute atomic E-state index is 11.8. The van der Waals surface area contributed by atoms with E-state index in [1.165, 1.54) is 12.1 Å². The van der Waals surface area contributed by atoms with Gasteiger partial charge in [0, 0.05) is 10.6 Å². The Labute approximate surface area is 127 Å². The van der Waals surface area contributed by atoms with Crippen molar-refractivity contribution in [1.82, 2.24) is 0 Å². The topological polar surface area (TPSA) is 89.6 Å². The molecule has 0 atom stereocenters. The average molecular weight is 307 g/mol. The minimum Gasteiger partial charge on any atom is -0.507 e. The Hall–Kier alpha value is -2.21. The van der Waals surface area contributed by atoms with Gasteiger partial charge in [0.15, 0.2) is 6.29 Å². The first kappa shape index (κ1) is 16.8. The lowest BCUT2D eigenvalue weighted by atomic mass is 10.1. The SMILES string of the molecule is C=C(S/C(C(=O)OCC)=C(/C)N)c1ccc(O)c(C=O)c1. The second-order valence-electron chi connectivity index (χ2n) is 4.15. The van der Waals surface area contributed by atoms with Crippen molar-refractivity contribution in [2.24, 2.45) is 5.73 Å². The number of nitrogens with two attached hydrogens (primary N) is 1. The molecule has 0 aliphatic carbocycles. The molecule has 1 rings (SSSR count). The summed E-state index contributed by atoms with van der Waals surface area (Å²) in [5.74, 6) is -0.624. The van der Waals surface area contributed by atoms with E-state index in [2.05, 4.69) is 6.58 Å². The van der Waals surface area contributed by atoms with E-state index in [0.29, 0.717) is 22.5 Å². The van der Waals surface area contributed by atoms with Crippen LogP contribution in [-0.4, -0.2) is 24.0 Å². The minimum absolute atomic E-state index is 0.109. The van der Waals surface area contributed by atoms with Crippen LogP contribution >= 0.6 is 11.8 Å². The molecule has 5 nitrogen and oxygen atoms in total. The zero-order valence-corrected chi connectivity index (χ0v) is 12.7. The largest absolute Gasteiger partial charge is 0.507 e. The highest BCUT2D eigenvalue weighted by Crippen LogP contribution is 2.35. The van der Waals surface area contributed by atoms with Crippen LogP contribution in [0.25, 0.3) is 4.91 Å². The Balaban J connectivity index is 3.01. The van der Waals surface area contributed by atoms with Crippen molar-refractivity contribution >= 4 is 28.9 Å². The molecule has 1 aromatic carbocycles. The lowest BCUT2D eigenvalue weighted by Crippen LogP contribution is -2.10. The number of benzene rings is 1. The van der Waals surface area contributed by atoms with E-state index in [-0.39, 0.29) is 22.8 Å². The summed E-state index contributed by atoms with van der Waals surface area (Å²) in [5, 5.41) is 9.47. The fourth-order valence-corrected chi connectivity index (χ4v) is 2.28. The van der Waals surface area contributed by atoms with Crippen LogP contribution in [0.4, 0.5) is 0 Å². The number of carbonyl (C=O) groups is 2. The van der Waals surface area contributed by atoms with Gasteiger partial charge in [0.25, 0.3) is 0 Å². The molecule has 6 heteroatoms. The maximum Gasteiger partial charge on any atom is 0.346 e. The molecule has 0 amide bonds. The van der Waals surface area contributed by atoms with Gasteiger partial charge >= 0.3 is 5.97 Å². The summed E-state index contributed by atoms with van der Waals surface area (Å²) in [6.45, 7) is 7.41. The molecule has 0 spiro atoms. The zero-order chi connectivity index (χ0) is 16.0. The number of allylic oxidation sites excluding steroid dienone is 1. The molecule has 0 aromatic heterocycles. The second kappa shape index (κ2) is 7.54. The number of hydrogen-bond acceptors (Lipinski definition) is 6. The van der Waals surface area contributed by atoms with E-state index in [4.69, 9.17) is 10.5 Å². The highest BCUT2D eigenvalue weighted by Gasteiger charge is 2.16. The number of phenols is 1. The smallest absolute Gasteiger partial charge is 0.346 e. The Morgan fingerprint density at radius 2 is 2.19 bits per heavy atom. The number of esters is 1. The van der Waals surface area contributed by atoms with Gasteiger partial charge in [-0.05, 0) is 31.5 Å². The number of aldehydes is 1. The van der Waals surface area contributed by atoms with Crippen LogP contribution in [0.2, 0.25) is 0 Å². The fourth-order valence-electron chi connectivity index (χ4n) is 1.48. The van der Waals surface area contributed by atoms with Gasteiger partial charge in [0.2, 0.25) is 0 Å². The molecule has 0 bridgehead atoms. The Morgan fingerprint density at radius 3 is 2.71 bits per heavy atom. The van der Waals surface area contributed by atoms with Crippen LogP contribution in [0.5, 0.6) is 5.75 Å². The van der Waals surface area contributed by atoms with E-state index in [0.717, 1.165) is 11.8 Å². The molecule has 0 radical (unpaired) electrons. The Kier molecular flexibility index (Phi) is 6.05. The van der Waals surface area contributed by atoms with Crippen LogP contribution in [0, 0.1) is 0 Å². The summed E-state index contributed by atoms with van der Waals surface area (Å²) >= 11 is 1.07. The summed E-state index contributed by atoms with van der Waals surface area (Å²) in [6.07, 6.45) is 0.549. The lowest BCUT2D eigenvalue weighted by molar-refractivity contribution is -0.137. The van der Waals surface area contributed by atoms with Crippen molar-refractivity contribution in [2.75, 3.05) is 6.61 Å². The molecular weight excluding hydrogens is 290 g/mol. The normalized spacial score (nSPS) is 11.5. The van der Waals surface area contributed by atoms with Crippen molar-refractivity contribution in [3.05, 3.63) is 46.5 Å². The van der Waals surface area contributed by atoms with E-state index < -0.39 is 5.97 Å².